The highest BCUT2D eigenvalue weighted by atomic mass is 31.2. The van der Waals surface area contributed by atoms with Crippen LogP contribution in [0.5, 0.6) is 0 Å². The van der Waals surface area contributed by atoms with Crippen LogP contribution in [0.4, 0.5) is 0 Å². The van der Waals surface area contributed by atoms with Crippen molar-refractivity contribution in [3.8, 4) is 0 Å². The Morgan fingerprint density at radius 1 is 1.05 bits per heavy atom. The van der Waals surface area contributed by atoms with Crippen LogP contribution in [0, 0.1) is 6.92 Å². The predicted molar refractivity (Wildman–Crippen MR) is 75.6 cm³/mol. The highest BCUT2D eigenvalue weighted by molar-refractivity contribution is 7.72. The lowest BCUT2D eigenvalue weighted by atomic mass is 10.2. The lowest BCUT2D eigenvalue weighted by molar-refractivity contribution is 0.0994. The molecule has 1 aromatic carbocycles. The molecule has 0 N–H and O–H groups in total. The van der Waals surface area contributed by atoms with E-state index in [-0.39, 0.29) is 13.2 Å². The van der Waals surface area contributed by atoms with Crippen molar-refractivity contribution in [1.82, 2.24) is 0 Å². The van der Waals surface area contributed by atoms with Gasteiger partial charge in [0.05, 0.1) is 13.2 Å². The second kappa shape index (κ2) is 7.59. The fourth-order valence-corrected chi connectivity index (χ4v) is 3.05. The van der Waals surface area contributed by atoms with Crippen molar-refractivity contribution in [1.29, 1.82) is 0 Å². The van der Waals surface area contributed by atoms with Gasteiger partial charge in [0.25, 0.3) is 5.52 Å². The molecule has 19 heavy (non-hydrogen) atoms. The van der Waals surface area contributed by atoms with Gasteiger partial charge in [-0.3, -0.25) is 9.36 Å². The van der Waals surface area contributed by atoms with Crippen LogP contribution in [0.15, 0.2) is 24.3 Å². The summed E-state index contributed by atoms with van der Waals surface area (Å²) < 4.78 is 22.9. The summed E-state index contributed by atoms with van der Waals surface area (Å²) in [5.74, 6) is 0. The SMILES string of the molecule is CCCOP(=O)(OCCC)C(=O)c1ccc(C)cc1. The predicted octanol–water partition coefficient (Wildman–Crippen LogP) is 4.18. The average molecular weight is 284 g/mol. The maximum atomic E-state index is 12.5. The first-order valence-electron chi connectivity index (χ1n) is 6.54. The van der Waals surface area contributed by atoms with Gasteiger partial charge in [0.2, 0.25) is 0 Å². The number of carbonyl (C=O) groups is 1. The summed E-state index contributed by atoms with van der Waals surface area (Å²) in [6, 6.07) is 6.90. The average Bonchev–Trinajstić information content (AvgIpc) is 2.43. The third-order valence-electron chi connectivity index (χ3n) is 2.48. The maximum Gasteiger partial charge on any atom is 0.401 e. The molecule has 5 heteroatoms. The van der Waals surface area contributed by atoms with Gasteiger partial charge in [-0.25, -0.2) is 0 Å². The van der Waals surface area contributed by atoms with E-state index in [0.717, 1.165) is 5.56 Å². The summed E-state index contributed by atoms with van der Waals surface area (Å²) in [5, 5.41) is 0. The first-order valence-corrected chi connectivity index (χ1v) is 8.08. The normalized spacial score (nSPS) is 11.5. The Labute approximate surface area is 114 Å². The zero-order valence-electron chi connectivity index (χ0n) is 11.7. The minimum atomic E-state index is -3.72. The minimum absolute atomic E-state index is 0.249. The zero-order valence-corrected chi connectivity index (χ0v) is 12.6. The molecule has 1 rings (SSSR count). The number of hydrogen-bond donors (Lipinski definition) is 0. The summed E-state index contributed by atoms with van der Waals surface area (Å²) in [6.45, 7) is 6.20. The van der Waals surface area contributed by atoms with E-state index in [2.05, 4.69) is 0 Å². The van der Waals surface area contributed by atoms with Crippen LogP contribution in [-0.4, -0.2) is 18.7 Å². The van der Waals surface area contributed by atoms with Gasteiger partial charge in [0.1, 0.15) is 0 Å². The van der Waals surface area contributed by atoms with E-state index in [9.17, 15) is 9.36 Å². The first-order chi connectivity index (χ1) is 9.03. The van der Waals surface area contributed by atoms with Crippen LogP contribution >= 0.6 is 7.60 Å². The van der Waals surface area contributed by atoms with E-state index in [1.165, 1.54) is 0 Å². The quantitative estimate of drug-likeness (QED) is 0.672. The Bertz CT molecular complexity index is 441. The monoisotopic (exact) mass is 284 g/mol. The first kappa shape index (κ1) is 16.1. The molecule has 0 aromatic heterocycles. The molecule has 0 heterocycles. The molecule has 0 radical (unpaired) electrons. The number of hydrogen-bond acceptors (Lipinski definition) is 4. The molecular weight excluding hydrogens is 263 g/mol. The second-order valence-electron chi connectivity index (χ2n) is 4.34. The number of aryl methyl sites for hydroxylation is 1. The van der Waals surface area contributed by atoms with Crippen LogP contribution < -0.4 is 0 Å². The molecule has 0 aliphatic carbocycles. The van der Waals surface area contributed by atoms with Gasteiger partial charge in [-0.05, 0) is 19.8 Å². The molecule has 0 unspecified atom stereocenters. The van der Waals surface area contributed by atoms with Crippen LogP contribution in [-0.2, 0) is 13.6 Å². The Morgan fingerprint density at radius 2 is 1.53 bits per heavy atom. The topological polar surface area (TPSA) is 52.6 Å². The van der Waals surface area contributed by atoms with E-state index in [4.69, 9.17) is 9.05 Å². The fraction of sp³-hybridized carbons (Fsp3) is 0.500. The van der Waals surface area contributed by atoms with Crippen molar-refractivity contribution >= 4 is 13.1 Å². The van der Waals surface area contributed by atoms with E-state index in [0.29, 0.717) is 18.4 Å². The smallest absolute Gasteiger partial charge is 0.303 e. The minimum Gasteiger partial charge on any atom is -0.303 e. The summed E-state index contributed by atoms with van der Waals surface area (Å²) in [4.78, 5) is 12.3. The Hall–Kier alpha value is -0.960. The Kier molecular flexibility index (Phi) is 6.43. The van der Waals surface area contributed by atoms with Crippen molar-refractivity contribution in [3.63, 3.8) is 0 Å². The largest absolute Gasteiger partial charge is 0.401 e. The van der Waals surface area contributed by atoms with E-state index in [1.807, 2.05) is 20.8 Å². The molecule has 0 aliphatic rings. The van der Waals surface area contributed by atoms with Gasteiger partial charge in [-0.2, -0.15) is 0 Å². The molecule has 0 aliphatic heterocycles. The van der Waals surface area contributed by atoms with Gasteiger partial charge in [-0.1, -0.05) is 43.7 Å². The molecule has 0 saturated heterocycles. The Morgan fingerprint density at radius 3 is 1.95 bits per heavy atom. The summed E-state index contributed by atoms with van der Waals surface area (Å²) in [5.41, 5.74) is 0.839. The van der Waals surface area contributed by atoms with Crippen molar-refractivity contribution in [3.05, 3.63) is 35.4 Å². The molecule has 1 aromatic rings. The Balaban J connectivity index is 2.92. The van der Waals surface area contributed by atoms with Gasteiger partial charge in [0.15, 0.2) is 0 Å². The molecule has 0 saturated carbocycles. The maximum absolute atomic E-state index is 12.5. The van der Waals surface area contributed by atoms with Crippen LogP contribution in [0.2, 0.25) is 0 Å². The highest BCUT2D eigenvalue weighted by Gasteiger charge is 2.35. The standard InChI is InChI=1S/C14H21O4P/c1-4-10-17-19(16,18-11-5-2)14(15)13-8-6-12(3)7-9-13/h6-9H,4-5,10-11H2,1-3H3. The van der Waals surface area contributed by atoms with E-state index in [1.54, 1.807) is 24.3 Å². The summed E-state index contributed by atoms with van der Waals surface area (Å²) >= 11 is 0. The van der Waals surface area contributed by atoms with Gasteiger partial charge >= 0.3 is 7.60 Å². The summed E-state index contributed by atoms with van der Waals surface area (Å²) in [6.07, 6.45) is 1.36. The van der Waals surface area contributed by atoms with Crippen molar-refractivity contribution in [2.75, 3.05) is 13.2 Å². The molecule has 0 atom stereocenters. The van der Waals surface area contributed by atoms with E-state index >= 15 is 0 Å². The van der Waals surface area contributed by atoms with Gasteiger partial charge < -0.3 is 9.05 Å². The lowest BCUT2D eigenvalue weighted by Crippen LogP contribution is -2.08. The van der Waals surface area contributed by atoms with Crippen molar-refractivity contribution in [2.45, 2.75) is 33.6 Å². The zero-order chi connectivity index (χ0) is 14.3. The van der Waals surface area contributed by atoms with Crippen molar-refractivity contribution in [2.24, 2.45) is 0 Å². The lowest BCUT2D eigenvalue weighted by Gasteiger charge is -2.16. The molecule has 0 amide bonds. The fourth-order valence-electron chi connectivity index (χ4n) is 1.43. The van der Waals surface area contributed by atoms with Gasteiger partial charge in [0, 0.05) is 5.56 Å². The summed E-state index contributed by atoms with van der Waals surface area (Å²) in [7, 11) is -3.72. The molecule has 0 fully saturated rings. The highest BCUT2D eigenvalue weighted by Crippen LogP contribution is 2.51. The van der Waals surface area contributed by atoms with Crippen LogP contribution in [0.3, 0.4) is 0 Å². The van der Waals surface area contributed by atoms with Crippen LogP contribution in [0.25, 0.3) is 0 Å². The van der Waals surface area contributed by atoms with Gasteiger partial charge in [-0.15, -0.1) is 0 Å². The third kappa shape index (κ3) is 4.57. The molecule has 0 bridgehead atoms. The third-order valence-corrected chi connectivity index (χ3v) is 4.28. The number of rotatable bonds is 8. The van der Waals surface area contributed by atoms with Crippen molar-refractivity contribution < 1.29 is 18.4 Å². The molecule has 4 nitrogen and oxygen atoms in total. The van der Waals surface area contributed by atoms with E-state index < -0.39 is 13.1 Å². The number of carbonyl (C=O) groups excluding carboxylic acids is 1. The van der Waals surface area contributed by atoms with Crippen LogP contribution in [0.1, 0.15) is 42.6 Å². The molecule has 106 valence electrons. The number of benzene rings is 1. The molecule has 0 spiro atoms. The molecular formula is C14H21O4P. The second-order valence-corrected chi connectivity index (χ2v) is 6.25.